The van der Waals surface area contributed by atoms with Crippen LogP contribution in [0.4, 0.5) is 5.69 Å². The van der Waals surface area contributed by atoms with Crippen LogP contribution in [-0.4, -0.2) is 260 Å². The summed E-state index contributed by atoms with van der Waals surface area (Å²) in [7, 11) is 5.30. The second-order valence-corrected chi connectivity index (χ2v) is 34.4. The number of aliphatic carboxylic acids is 1. The number of primary amides is 1. The number of carbonyl (C=O) groups excluding carboxylic acids is 15. The van der Waals surface area contributed by atoms with Gasteiger partial charge in [0, 0.05) is 95.6 Å². The van der Waals surface area contributed by atoms with E-state index in [2.05, 4.69) is 52.8 Å². The fraction of sp³-hybridized carbons (Fsp3) is 0.419. The molecule has 1 aromatic heterocycles. The maximum Gasteiger partial charge on any atom is 0.305 e. The van der Waals surface area contributed by atoms with Crippen molar-refractivity contribution >= 4 is 123 Å². The molecule has 2 bridgehead atoms. The van der Waals surface area contributed by atoms with Gasteiger partial charge in [-0.3, -0.25) is 76.7 Å². The van der Waals surface area contributed by atoms with Crippen molar-refractivity contribution in [3.05, 3.63) is 197 Å². The number of phenolic OH excluding ortho intramolecular Hbond substituents is 2. The maximum atomic E-state index is 15.6. The number of nitrogens with zero attached hydrogens (tertiary/aromatic N) is 5. The molecule has 3 heterocycles. The number of likely N-dealkylation sites (N-methyl/N-ethyl adjacent to an activating group) is 4. The van der Waals surface area contributed by atoms with Gasteiger partial charge in [-0.05, 0) is 94.8 Å². The SMILES string of the molecule is CCCC[C@H]1C(=O)N(C)CC(=O)N[C@@H](CC(=O)O)C(=O)N[C@@H](C(C)C)C(=O)N(C)[C@@H](Cc2ccccc2)C(=O)N[C@H]2Cc3ccc(O)cc3N(CC(=O)N[C@@H](Cc3c[nH]c4ccccc34)C(=O)N[C@@H](Cc3ccc(O)cc3)C(=O)N[C@@H](CC(C)C)C(=O)N[C@H](C(=O)NCC(N)=O)CSCC(=O)N[C@@H](Cc3ccccc3C)C(=O)N(C)[C@@H](Cc3ccccc3)C(=O)N1C)C2=O. The third kappa shape index (κ3) is 27.9. The third-order valence-corrected chi connectivity index (χ3v) is 23.7. The van der Waals surface area contributed by atoms with Crippen LogP contribution in [0.2, 0.25) is 0 Å². The van der Waals surface area contributed by atoms with E-state index < -0.39 is 199 Å². The number of H-pyrrole nitrogens is 1. The smallest absolute Gasteiger partial charge is 0.305 e. The lowest BCUT2D eigenvalue weighted by atomic mass is 9.95. The minimum absolute atomic E-state index is 0.0313. The number of thioether (sulfide) groups is 1. The zero-order valence-electron chi connectivity index (χ0n) is 73.9. The van der Waals surface area contributed by atoms with E-state index in [-0.39, 0.29) is 80.2 Å². The molecule has 2 aliphatic rings. The van der Waals surface area contributed by atoms with Crippen LogP contribution >= 0.6 is 11.8 Å². The minimum atomic E-state index is -1.90. The zero-order chi connectivity index (χ0) is 94.0. The number of carboxylic acids is 1. The Morgan fingerprint density at radius 1 is 0.519 bits per heavy atom. The molecular weight excluding hydrogens is 1680 g/mol. The van der Waals surface area contributed by atoms with Gasteiger partial charge in [-0.2, -0.15) is 0 Å². The Morgan fingerprint density at radius 3 is 1.71 bits per heavy atom. The maximum absolute atomic E-state index is 15.6. The van der Waals surface area contributed by atoms with Crippen molar-refractivity contribution in [3.63, 3.8) is 0 Å². The van der Waals surface area contributed by atoms with E-state index in [0.717, 1.165) is 32.0 Å². The van der Waals surface area contributed by atoms with Crippen molar-refractivity contribution in [2.45, 2.75) is 179 Å². The first kappa shape index (κ1) is 99.1. The molecule has 7 aromatic rings. The molecule has 35 nitrogen and oxygen atoms in total. The summed E-state index contributed by atoms with van der Waals surface area (Å²) in [6, 6.07) is 24.1. The summed E-state index contributed by atoms with van der Waals surface area (Å²) in [5.74, 6) is -17.7. The van der Waals surface area contributed by atoms with E-state index in [1.807, 2.05) is 6.92 Å². The summed E-state index contributed by atoms with van der Waals surface area (Å²) in [5, 5.41) is 56.3. The molecule has 9 rings (SSSR count). The van der Waals surface area contributed by atoms with Crippen molar-refractivity contribution < 1.29 is 92.0 Å². The number of aromatic nitrogens is 1. The number of fused-ring (bicyclic) bond motifs is 5. The summed E-state index contributed by atoms with van der Waals surface area (Å²) in [6.45, 7) is 7.90. The molecule has 0 saturated carbocycles. The average molecular weight is 1790 g/mol. The second-order valence-electron chi connectivity index (χ2n) is 33.4. The highest BCUT2D eigenvalue weighted by Crippen LogP contribution is 2.33. The molecule has 688 valence electrons. The number of hydrogen-bond donors (Lipinski definition) is 14. The summed E-state index contributed by atoms with van der Waals surface area (Å²) < 4.78 is 0. The van der Waals surface area contributed by atoms with Gasteiger partial charge >= 0.3 is 5.97 Å². The molecule has 1 saturated heterocycles. The molecule has 0 spiro atoms. The van der Waals surface area contributed by atoms with Crippen LogP contribution in [-0.2, 0) is 115 Å². The van der Waals surface area contributed by atoms with Crippen LogP contribution < -0.4 is 58.5 Å². The number of aromatic hydroxyl groups is 2. The number of aryl methyl sites for hydroxylation is 1. The molecule has 0 unspecified atom stereocenters. The number of amides is 15. The standard InChI is InChI=1S/C93H116N16O19S/c1-11-12-31-73-91(126)105(7)49-78(113)98-69(46-81(116)117)87(122)104-82(54(4)5)93(128)107(9)75(40-56-24-15-13-16-25-56)88(123)102-71-43-60-34-37-63(111)45-74(60)109(90(71)125)50-79(114)97-68(44-61-47-95-65-30-22-21-29-64(61)65)86(121)101-67(39-58-32-35-62(110)36-33-58)85(120)100-66(38-53(2)3)84(119)103-72(83(118)96-48-77(94)112)51-129-52-80(115)99-70(42-59-28-20-19-23-55(59)6)89(124)108(10)76(92(127)106(73)8)41-57-26-17-14-18-27-57/h13-30,32-37,45,47,53-54,66-73,75-76,82,95,110-111H,11-12,31,38-44,46,48-52H2,1-10H3,(H2,94,112)(H,96,118)(H,97,114)(H,98,113)(H,99,115)(H,100,120)(H,101,121)(H,102,123)(H,103,119)(H,104,122)(H,116,117)/t66-,67-,68-,69-,70-,71-,72-,73-,75-,76-,82-/m0/s1. The Bertz CT molecular complexity index is 5210. The Kier molecular flexibility index (Phi) is 35.9. The van der Waals surface area contributed by atoms with Crippen LogP contribution in [0.1, 0.15) is 106 Å². The molecule has 0 radical (unpaired) electrons. The number of rotatable bonds is 21. The summed E-state index contributed by atoms with van der Waals surface area (Å²) in [5.41, 5.74) is 9.87. The topological polar surface area (TPSA) is 500 Å². The highest BCUT2D eigenvalue weighted by molar-refractivity contribution is 8.00. The number of para-hydroxylation sites is 1. The fourth-order valence-electron chi connectivity index (χ4n) is 15.5. The molecule has 15 N–H and O–H groups in total. The zero-order valence-corrected chi connectivity index (χ0v) is 74.7. The first-order valence-corrected chi connectivity index (χ1v) is 43.9. The lowest BCUT2D eigenvalue weighted by molar-refractivity contribution is -0.151. The second kappa shape index (κ2) is 46.7. The van der Waals surface area contributed by atoms with Crippen LogP contribution in [0.5, 0.6) is 11.5 Å². The van der Waals surface area contributed by atoms with Crippen molar-refractivity contribution in [2.75, 3.05) is 64.2 Å². The Balaban J connectivity index is 1.12. The molecule has 2 aliphatic heterocycles. The number of anilines is 1. The summed E-state index contributed by atoms with van der Waals surface area (Å²) >= 11 is 0.830. The number of carboxylic acid groups (broad SMARTS) is 1. The van der Waals surface area contributed by atoms with Crippen molar-refractivity contribution in [2.24, 2.45) is 17.6 Å². The predicted octanol–water partition coefficient (Wildman–Crippen LogP) is 2.52. The van der Waals surface area contributed by atoms with E-state index >= 15 is 47.9 Å². The molecule has 11 atom stereocenters. The molecule has 6 aromatic carbocycles. The van der Waals surface area contributed by atoms with E-state index in [1.165, 1.54) is 80.5 Å². The van der Waals surface area contributed by atoms with Crippen LogP contribution in [0, 0.1) is 18.8 Å². The van der Waals surface area contributed by atoms with Crippen molar-refractivity contribution in [1.82, 2.24) is 72.4 Å². The molecule has 129 heavy (non-hydrogen) atoms. The highest BCUT2D eigenvalue weighted by Gasteiger charge is 2.44. The molecule has 15 amide bonds. The van der Waals surface area contributed by atoms with Gasteiger partial charge in [0.2, 0.25) is 88.6 Å². The number of aromatic amines is 1. The quantitative estimate of drug-likeness (QED) is 0.0491. The first-order valence-electron chi connectivity index (χ1n) is 42.8. The van der Waals surface area contributed by atoms with Gasteiger partial charge < -0.3 is 98.4 Å². The van der Waals surface area contributed by atoms with Gasteiger partial charge in [0.1, 0.15) is 84.5 Å². The van der Waals surface area contributed by atoms with E-state index in [4.69, 9.17) is 5.73 Å². The lowest BCUT2D eigenvalue weighted by Crippen LogP contribution is -2.62. The Morgan fingerprint density at radius 2 is 1.07 bits per heavy atom. The molecule has 1 fully saturated rings. The van der Waals surface area contributed by atoms with Crippen molar-refractivity contribution in [1.29, 1.82) is 0 Å². The number of carbonyl (C=O) groups is 16. The molecular formula is C93H116N16O19S. The van der Waals surface area contributed by atoms with Crippen molar-refractivity contribution in [3.8, 4) is 11.5 Å². The number of benzene rings is 6. The van der Waals surface area contributed by atoms with E-state index in [1.54, 1.807) is 150 Å². The average Bonchev–Trinajstić information content (AvgIpc) is 1.18. The summed E-state index contributed by atoms with van der Waals surface area (Å²) in [4.78, 5) is 244. The number of phenols is 2. The van der Waals surface area contributed by atoms with E-state index in [9.17, 15) is 44.1 Å². The Hall–Kier alpha value is -13.7. The fourth-order valence-corrected chi connectivity index (χ4v) is 16.4. The number of hydrogen-bond acceptors (Lipinski definition) is 19. The van der Waals surface area contributed by atoms with Gasteiger partial charge in [-0.1, -0.05) is 169 Å². The number of nitrogens with two attached hydrogens (primary N) is 1. The van der Waals surface area contributed by atoms with Gasteiger partial charge in [-0.25, -0.2) is 0 Å². The number of nitrogens with one attached hydrogen (secondary N) is 10. The predicted molar refractivity (Wildman–Crippen MR) is 482 cm³/mol. The van der Waals surface area contributed by atoms with E-state index in [0.29, 0.717) is 57.1 Å². The van der Waals surface area contributed by atoms with Crippen LogP contribution in [0.3, 0.4) is 0 Å². The highest BCUT2D eigenvalue weighted by atomic mass is 32.2. The Labute approximate surface area is 752 Å². The minimum Gasteiger partial charge on any atom is -0.508 e. The molecule has 0 aliphatic carbocycles. The van der Waals surface area contributed by atoms with Crippen LogP contribution in [0.15, 0.2) is 158 Å². The normalized spacial score (nSPS) is 22.2. The lowest BCUT2D eigenvalue weighted by Gasteiger charge is -2.37. The van der Waals surface area contributed by atoms with Gasteiger partial charge in [0.15, 0.2) is 0 Å². The monoisotopic (exact) mass is 1790 g/mol. The first-order chi connectivity index (χ1) is 61.4. The van der Waals surface area contributed by atoms with Crippen LogP contribution in [0.25, 0.3) is 10.9 Å². The third-order valence-electron chi connectivity index (χ3n) is 22.7. The molecule has 36 heteroatoms. The van der Waals surface area contributed by atoms with Gasteiger partial charge in [-0.15, -0.1) is 11.8 Å². The summed E-state index contributed by atoms with van der Waals surface area (Å²) in [6.07, 6.45) is 0.133. The number of unbranched alkanes of at least 4 members (excludes halogenated alkanes) is 1. The van der Waals surface area contributed by atoms with Gasteiger partial charge in [0.25, 0.3) is 0 Å². The largest absolute Gasteiger partial charge is 0.508 e. The van der Waals surface area contributed by atoms with Gasteiger partial charge in [0.05, 0.1) is 31.0 Å².